The summed E-state index contributed by atoms with van der Waals surface area (Å²) in [4.78, 5) is 11.2. The molecule has 4 heterocycles. The normalized spacial score (nSPS) is 17.1. The van der Waals surface area contributed by atoms with Crippen LogP contribution in [0, 0.1) is 0 Å². The fraction of sp³-hybridized carbons (Fsp3) is 0.519. The molecule has 0 atom stereocenters. The van der Waals surface area contributed by atoms with Crippen LogP contribution in [0.1, 0.15) is 62.4 Å². The van der Waals surface area contributed by atoms with Gasteiger partial charge in [0, 0.05) is 50.2 Å². The van der Waals surface area contributed by atoms with Gasteiger partial charge < -0.3 is 19.3 Å². The Balaban J connectivity index is 1.22. The number of fused-ring (bicyclic) bond motifs is 1. The maximum atomic E-state index is 12.2. The van der Waals surface area contributed by atoms with E-state index in [9.17, 15) is 8.42 Å². The molecule has 9 nitrogen and oxygen atoms in total. The Morgan fingerprint density at radius 2 is 1.95 bits per heavy atom. The predicted octanol–water partition coefficient (Wildman–Crippen LogP) is 3.92. The molecule has 1 saturated heterocycles. The summed E-state index contributed by atoms with van der Waals surface area (Å²) in [5.41, 5.74) is 3.43. The quantitative estimate of drug-likeness (QED) is 0.466. The number of hydrogen-bond donors (Lipinski definition) is 1. The van der Waals surface area contributed by atoms with Gasteiger partial charge in [-0.3, -0.25) is 4.98 Å². The van der Waals surface area contributed by atoms with Crippen LogP contribution in [-0.4, -0.2) is 59.7 Å². The molecule has 5 rings (SSSR count). The number of nitrogens with zero attached hydrogens (tertiary/aromatic N) is 4. The Bertz CT molecular complexity index is 1330. The lowest BCUT2D eigenvalue weighted by Gasteiger charge is -2.44. The van der Waals surface area contributed by atoms with Crippen molar-refractivity contribution in [2.24, 2.45) is 0 Å². The third-order valence-corrected chi connectivity index (χ3v) is 8.93. The fourth-order valence-electron chi connectivity index (χ4n) is 5.02. The molecule has 0 aliphatic carbocycles. The molecule has 1 fully saturated rings. The first kappa shape index (κ1) is 25.7. The van der Waals surface area contributed by atoms with Crippen LogP contribution in [0.15, 0.2) is 41.1 Å². The molecule has 1 N–H and O–H groups in total. The monoisotopic (exact) mass is 526 g/mol. The molecule has 1 aromatic carbocycles. The number of aliphatic hydroxyl groups is 1. The van der Waals surface area contributed by atoms with E-state index in [4.69, 9.17) is 14.4 Å². The van der Waals surface area contributed by atoms with Gasteiger partial charge in [-0.25, -0.2) is 8.42 Å². The summed E-state index contributed by atoms with van der Waals surface area (Å²) < 4.78 is 36.4. The molecule has 0 bridgehead atoms. The molecule has 10 heteroatoms. The zero-order valence-electron chi connectivity index (χ0n) is 21.4. The van der Waals surface area contributed by atoms with E-state index in [-0.39, 0.29) is 36.1 Å². The maximum absolute atomic E-state index is 12.2. The Morgan fingerprint density at radius 1 is 1.14 bits per heavy atom. The Morgan fingerprint density at radius 3 is 2.62 bits per heavy atom. The molecule has 198 valence electrons. The number of hydrogen-bond acceptors (Lipinski definition) is 9. The molecular formula is C27H34N4O5S. The number of pyridine rings is 1. The molecule has 0 amide bonds. The van der Waals surface area contributed by atoms with Crippen molar-refractivity contribution in [3.05, 3.63) is 53.5 Å². The van der Waals surface area contributed by atoms with E-state index < -0.39 is 9.84 Å². The molecule has 37 heavy (non-hydrogen) atoms. The topological polar surface area (TPSA) is 119 Å². The minimum Gasteiger partial charge on any atom is -0.487 e. The van der Waals surface area contributed by atoms with Gasteiger partial charge in [-0.2, -0.15) is 4.98 Å². The molecule has 3 aromatic rings. The summed E-state index contributed by atoms with van der Waals surface area (Å²) in [7, 11) is -3.25. The van der Waals surface area contributed by atoms with Crippen LogP contribution in [0.4, 0.5) is 6.01 Å². The van der Waals surface area contributed by atoms with Crippen molar-refractivity contribution in [3.63, 3.8) is 0 Å². The lowest BCUT2D eigenvalue weighted by Crippen LogP contribution is -2.50. The first-order chi connectivity index (χ1) is 17.8. The van der Waals surface area contributed by atoms with Crippen molar-refractivity contribution in [3.8, 4) is 17.0 Å². The Hall–Kier alpha value is -2.98. The van der Waals surface area contributed by atoms with Crippen LogP contribution in [0.3, 0.4) is 0 Å². The van der Waals surface area contributed by atoms with E-state index in [0.717, 1.165) is 61.6 Å². The average molecular weight is 527 g/mol. The van der Waals surface area contributed by atoms with E-state index in [0.29, 0.717) is 11.6 Å². The Labute approximate surface area is 217 Å². The van der Waals surface area contributed by atoms with Gasteiger partial charge in [-0.1, -0.05) is 25.1 Å². The molecule has 2 aliphatic heterocycles. The zero-order valence-corrected chi connectivity index (χ0v) is 22.2. The third-order valence-electron chi connectivity index (χ3n) is 7.25. The Kier molecular flexibility index (Phi) is 7.22. The number of aromatic nitrogens is 3. The molecular weight excluding hydrogens is 492 g/mol. The molecule has 0 unspecified atom stereocenters. The number of rotatable bonds is 8. The highest BCUT2D eigenvalue weighted by molar-refractivity contribution is 7.90. The maximum Gasteiger partial charge on any atom is 0.324 e. The van der Waals surface area contributed by atoms with E-state index in [1.165, 1.54) is 5.56 Å². The van der Waals surface area contributed by atoms with Gasteiger partial charge in [-0.15, -0.1) is 0 Å². The van der Waals surface area contributed by atoms with Gasteiger partial charge >= 0.3 is 6.01 Å². The highest BCUT2D eigenvalue weighted by Crippen LogP contribution is 2.41. The second kappa shape index (κ2) is 10.4. The highest BCUT2D eigenvalue weighted by Gasteiger charge is 2.40. The summed E-state index contributed by atoms with van der Waals surface area (Å²) in [5, 5.41) is 13.0. The van der Waals surface area contributed by atoms with Crippen molar-refractivity contribution >= 4 is 15.9 Å². The largest absolute Gasteiger partial charge is 0.487 e. The molecule has 2 aliphatic rings. The van der Waals surface area contributed by atoms with Crippen LogP contribution >= 0.6 is 0 Å². The molecule has 2 aromatic heterocycles. The van der Waals surface area contributed by atoms with Gasteiger partial charge in [0.25, 0.3) is 0 Å². The smallest absolute Gasteiger partial charge is 0.324 e. The van der Waals surface area contributed by atoms with Crippen molar-refractivity contribution in [2.75, 3.05) is 30.3 Å². The van der Waals surface area contributed by atoms with Gasteiger partial charge in [0.15, 0.2) is 15.7 Å². The van der Waals surface area contributed by atoms with Crippen LogP contribution in [0.25, 0.3) is 11.3 Å². The van der Waals surface area contributed by atoms with Crippen LogP contribution < -0.4 is 9.64 Å². The first-order valence-corrected chi connectivity index (χ1v) is 14.8. The van der Waals surface area contributed by atoms with Crippen LogP contribution in [0.5, 0.6) is 5.75 Å². The number of ether oxygens (including phenoxy) is 1. The summed E-state index contributed by atoms with van der Waals surface area (Å²) >= 11 is 0. The summed E-state index contributed by atoms with van der Waals surface area (Å²) in [6, 6.07) is 10.4. The number of benzene rings is 1. The van der Waals surface area contributed by atoms with Gasteiger partial charge in [0.05, 0.1) is 17.2 Å². The third kappa shape index (κ3) is 5.80. The molecule has 0 radical (unpaired) electrons. The minimum absolute atomic E-state index is 0.0222. The number of anilines is 1. The SMILES string of the molecule is CC(C)c1noc(N2CCC3(CCc4cc(-c5ccc(CS(=O)(=O)CCCO)cn5)ccc4O3)CC2)n1. The second-order valence-electron chi connectivity index (χ2n) is 10.4. The van der Waals surface area contributed by atoms with Gasteiger partial charge in [0.2, 0.25) is 0 Å². The number of piperidine rings is 1. The van der Waals surface area contributed by atoms with Crippen molar-refractivity contribution in [1.29, 1.82) is 0 Å². The highest BCUT2D eigenvalue weighted by atomic mass is 32.2. The van der Waals surface area contributed by atoms with Gasteiger partial charge in [-0.05, 0) is 54.7 Å². The summed E-state index contributed by atoms with van der Waals surface area (Å²) in [6.07, 6.45) is 5.56. The molecule has 1 spiro atoms. The van der Waals surface area contributed by atoms with E-state index in [1.807, 2.05) is 24.3 Å². The minimum atomic E-state index is -3.25. The lowest BCUT2D eigenvalue weighted by atomic mass is 9.83. The van der Waals surface area contributed by atoms with E-state index >= 15 is 0 Å². The van der Waals surface area contributed by atoms with Crippen molar-refractivity contribution in [2.45, 2.75) is 63.2 Å². The number of aryl methyl sites for hydroxylation is 1. The van der Waals surface area contributed by atoms with E-state index in [1.54, 1.807) is 6.20 Å². The predicted molar refractivity (Wildman–Crippen MR) is 140 cm³/mol. The van der Waals surface area contributed by atoms with Crippen molar-refractivity contribution < 1.29 is 22.8 Å². The molecule has 0 saturated carbocycles. The zero-order chi connectivity index (χ0) is 26.0. The number of sulfone groups is 1. The summed E-state index contributed by atoms with van der Waals surface area (Å²) in [5.74, 6) is 1.81. The average Bonchev–Trinajstić information content (AvgIpc) is 3.39. The summed E-state index contributed by atoms with van der Waals surface area (Å²) in [6.45, 7) is 5.62. The first-order valence-electron chi connectivity index (χ1n) is 12.9. The lowest BCUT2D eigenvalue weighted by molar-refractivity contribution is 0.0217. The second-order valence-corrected chi connectivity index (χ2v) is 12.6. The standard InChI is InChI=1S/C27H34N4O5S/c1-19(2)25-29-26(36-30-25)31-12-10-27(11-13-31)9-8-22-16-21(5-7-24(22)35-27)23-6-4-20(17-28-23)18-37(33,34)15-3-14-32/h4-7,16-17,19,32H,3,8-15,18H2,1-2H3. The fourth-order valence-corrected chi connectivity index (χ4v) is 6.41. The van der Waals surface area contributed by atoms with Gasteiger partial charge in [0.1, 0.15) is 11.4 Å². The van der Waals surface area contributed by atoms with Crippen LogP contribution in [0.2, 0.25) is 0 Å². The van der Waals surface area contributed by atoms with E-state index in [2.05, 4.69) is 39.9 Å². The van der Waals surface area contributed by atoms with Crippen molar-refractivity contribution in [1.82, 2.24) is 15.1 Å². The van der Waals surface area contributed by atoms with Crippen LogP contribution in [-0.2, 0) is 22.0 Å². The number of aliphatic hydroxyl groups excluding tert-OH is 1.